The molecular weight excluding hydrogens is 253 g/mol. The van der Waals surface area contributed by atoms with E-state index in [4.69, 9.17) is 0 Å². The van der Waals surface area contributed by atoms with Gasteiger partial charge in [-0.2, -0.15) is 0 Å². The summed E-state index contributed by atoms with van der Waals surface area (Å²) in [6, 6.07) is 3.76. The van der Waals surface area contributed by atoms with E-state index in [-0.39, 0.29) is 23.8 Å². The molecular formula is C12H12FN3O3. The van der Waals surface area contributed by atoms with E-state index in [1.54, 1.807) is 12.4 Å². The third-order valence-electron chi connectivity index (χ3n) is 2.62. The van der Waals surface area contributed by atoms with Crippen molar-refractivity contribution < 1.29 is 24.4 Å². The minimum atomic E-state index is -1.47. The van der Waals surface area contributed by atoms with Crippen LogP contribution in [0.25, 0.3) is 10.9 Å². The molecule has 0 atom stereocenters. The fourth-order valence-electron chi connectivity index (χ4n) is 1.82. The molecule has 100 valence electrons. The number of aromatic amines is 1. The summed E-state index contributed by atoms with van der Waals surface area (Å²) in [6.07, 6.45) is 0. The summed E-state index contributed by atoms with van der Waals surface area (Å²) in [5.41, 5.74) is 0.169. The molecule has 1 heterocycles. The molecule has 1 aromatic carbocycles. The van der Waals surface area contributed by atoms with Crippen LogP contribution in [0.3, 0.4) is 0 Å². The first-order valence-electron chi connectivity index (χ1n) is 5.63. The van der Waals surface area contributed by atoms with E-state index in [1.165, 1.54) is 12.1 Å². The smallest absolute Gasteiger partial charge is 0.279 e. The zero-order chi connectivity index (χ0) is 14.0. The Kier molecular flexibility index (Phi) is 3.48. The zero-order valence-corrected chi connectivity index (χ0v) is 10.1. The maximum absolute atomic E-state index is 13.2. The molecule has 0 saturated carbocycles. The van der Waals surface area contributed by atoms with Gasteiger partial charge in [-0.3, -0.25) is 4.79 Å². The molecule has 0 radical (unpaired) electrons. The minimum Gasteiger partial charge on any atom is -0.543 e. The second-order valence-electron chi connectivity index (χ2n) is 4.01. The molecule has 0 aliphatic heterocycles. The largest absolute Gasteiger partial charge is 0.543 e. The number of carboxylic acids is 1. The fraction of sp³-hybridized carbons (Fsp3) is 0.167. The Labute approximate surface area is 107 Å². The minimum absolute atomic E-state index is 0.0290. The predicted octanol–water partition coefficient (Wildman–Crippen LogP) is -1.20. The average Bonchev–Trinajstić information content (AvgIpc) is 2.68. The maximum Gasteiger partial charge on any atom is 0.279 e. The first kappa shape index (κ1) is 13.0. The van der Waals surface area contributed by atoms with Crippen LogP contribution >= 0.6 is 0 Å². The number of quaternary nitrogens is 1. The monoisotopic (exact) mass is 265 g/mol. The average molecular weight is 265 g/mol. The van der Waals surface area contributed by atoms with Gasteiger partial charge in [-0.15, -0.1) is 0 Å². The Morgan fingerprint density at radius 2 is 2.21 bits per heavy atom. The van der Waals surface area contributed by atoms with E-state index >= 15 is 0 Å². The summed E-state index contributed by atoms with van der Waals surface area (Å²) in [4.78, 5) is 25.2. The zero-order valence-electron chi connectivity index (χ0n) is 10.1. The van der Waals surface area contributed by atoms with Gasteiger partial charge in [0.2, 0.25) is 0 Å². The molecule has 1 aromatic heterocycles. The number of H-pyrrole nitrogens is 1. The van der Waals surface area contributed by atoms with Gasteiger partial charge < -0.3 is 25.5 Å². The van der Waals surface area contributed by atoms with E-state index < -0.39 is 11.8 Å². The molecule has 0 fully saturated rings. The number of hydrogen-bond acceptors (Lipinski definition) is 3. The van der Waals surface area contributed by atoms with Gasteiger partial charge in [0.25, 0.3) is 5.91 Å². The highest BCUT2D eigenvalue weighted by molar-refractivity contribution is 6.10. The van der Waals surface area contributed by atoms with Crippen molar-refractivity contribution in [2.45, 2.75) is 0 Å². The molecule has 0 unspecified atom stereocenters. The Morgan fingerprint density at radius 3 is 2.84 bits per heavy atom. The highest BCUT2D eigenvalue weighted by atomic mass is 19.1. The highest BCUT2D eigenvalue weighted by Gasteiger charge is 2.15. The number of benzene rings is 1. The number of likely N-dealkylation sites (N-methyl/N-ethyl adjacent to an activating group) is 1. The first-order chi connectivity index (χ1) is 9.02. The topological polar surface area (TPSA) is 102 Å². The Balaban J connectivity index is 2.54. The number of anilines is 1. The summed E-state index contributed by atoms with van der Waals surface area (Å²) in [6.45, 7) is 0.133. The Morgan fingerprint density at radius 1 is 1.47 bits per heavy atom. The molecule has 0 aliphatic carbocycles. The van der Waals surface area contributed by atoms with Crippen LogP contribution in [0.15, 0.2) is 18.2 Å². The van der Waals surface area contributed by atoms with E-state index in [9.17, 15) is 19.1 Å². The lowest BCUT2D eigenvalue weighted by atomic mass is 10.2. The van der Waals surface area contributed by atoms with Crippen LogP contribution in [0.4, 0.5) is 10.1 Å². The number of rotatable bonds is 4. The molecule has 0 spiro atoms. The third-order valence-corrected chi connectivity index (χ3v) is 2.62. The summed E-state index contributed by atoms with van der Waals surface area (Å²) in [5.74, 6) is -2.36. The SMILES string of the molecule is C[NH2+]CC(=O)Nc1c(C(=O)[O-])[nH]c2ccc(F)cc12. The molecule has 1 amide bonds. The molecule has 2 rings (SSSR count). The van der Waals surface area contributed by atoms with Crippen LogP contribution in [0.5, 0.6) is 0 Å². The number of aromatic nitrogens is 1. The maximum atomic E-state index is 13.2. The number of hydrogen-bond donors (Lipinski definition) is 3. The number of nitrogens with two attached hydrogens (primary N) is 1. The van der Waals surface area contributed by atoms with Crippen molar-refractivity contribution in [2.75, 3.05) is 18.9 Å². The third kappa shape index (κ3) is 2.55. The first-order valence-corrected chi connectivity index (χ1v) is 5.63. The van der Waals surface area contributed by atoms with Gasteiger partial charge in [-0.25, -0.2) is 4.39 Å². The van der Waals surface area contributed by atoms with Crippen LogP contribution in [-0.4, -0.2) is 30.5 Å². The van der Waals surface area contributed by atoms with Crippen LogP contribution < -0.4 is 15.7 Å². The Bertz CT molecular complexity index is 651. The second-order valence-corrected chi connectivity index (χ2v) is 4.01. The number of amides is 1. The van der Waals surface area contributed by atoms with Gasteiger partial charge in [-0.1, -0.05) is 0 Å². The van der Waals surface area contributed by atoms with Crippen LogP contribution in [0.1, 0.15) is 10.5 Å². The second kappa shape index (κ2) is 5.07. The predicted molar refractivity (Wildman–Crippen MR) is 63.9 cm³/mol. The number of carbonyl (C=O) groups excluding carboxylic acids is 2. The normalized spacial score (nSPS) is 10.6. The van der Waals surface area contributed by atoms with E-state index in [1.807, 2.05) is 0 Å². The molecule has 4 N–H and O–H groups in total. The van der Waals surface area contributed by atoms with Gasteiger partial charge in [0.15, 0.2) is 6.54 Å². The molecule has 6 nitrogen and oxygen atoms in total. The van der Waals surface area contributed by atoms with Gasteiger partial charge in [-0.05, 0) is 18.2 Å². The van der Waals surface area contributed by atoms with Crippen molar-refractivity contribution >= 4 is 28.5 Å². The van der Waals surface area contributed by atoms with Gasteiger partial charge in [0, 0.05) is 10.9 Å². The van der Waals surface area contributed by atoms with Crippen LogP contribution in [0, 0.1) is 5.82 Å². The van der Waals surface area contributed by atoms with Crippen molar-refractivity contribution in [1.29, 1.82) is 0 Å². The van der Waals surface area contributed by atoms with Crippen molar-refractivity contribution in [2.24, 2.45) is 0 Å². The standard InChI is InChI=1S/C12H12FN3O3/c1-14-5-9(17)16-10-7-4-6(13)2-3-8(7)15-11(10)12(18)19/h2-4,14-15H,5H2,1H3,(H,16,17)(H,18,19). The van der Waals surface area contributed by atoms with Crippen LogP contribution in [-0.2, 0) is 4.79 Å². The number of halogens is 1. The lowest BCUT2D eigenvalue weighted by molar-refractivity contribution is -0.615. The van der Waals surface area contributed by atoms with Crippen LogP contribution in [0.2, 0.25) is 0 Å². The molecule has 7 heteroatoms. The van der Waals surface area contributed by atoms with E-state index in [0.29, 0.717) is 10.9 Å². The summed E-state index contributed by atoms with van der Waals surface area (Å²) < 4.78 is 13.2. The fourth-order valence-corrected chi connectivity index (χ4v) is 1.82. The molecule has 0 saturated heterocycles. The van der Waals surface area contributed by atoms with E-state index in [0.717, 1.165) is 6.07 Å². The summed E-state index contributed by atoms with van der Waals surface area (Å²) in [5, 5.41) is 15.4. The van der Waals surface area contributed by atoms with Gasteiger partial charge in [0.05, 0.1) is 24.4 Å². The van der Waals surface area contributed by atoms with Gasteiger partial charge >= 0.3 is 0 Å². The number of nitrogens with one attached hydrogen (secondary N) is 2. The van der Waals surface area contributed by atoms with Crippen molar-refractivity contribution in [3.8, 4) is 0 Å². The lowest BCUT2D eigenvalue weighted by Crippen LogP contribution is -2.82. The van der Waals surface area contributed by atoms with Crippen molar-refractivity contribution in [3.63, 3.8) is 0 Å². The molecule has 19 heavy (non-hydrogen) atoms. The number of aromatic carboxylic acids is 1. The van der Waals surface area contributed by atoms with Crippen molar-refractivity contribution in [3.05, 3.63) is 29.7 Å². The molecule has 0 aliphatic rings. The quantitative estimate of drug-likeness (QED) is 0.647. The molecule has 0 bridgehead atoms. The van der Waals surface area contributed by atoms with E-state index in [2.05, 4.69) is 10.3 Å². The lowest BCUT2D eigenvalue weighted by Gasteiger charge is -2.06. The number of carbonyl (C=O) groups is 2. The van der Waals surface area contributed by atoms with Gasteiger partial charge in [0.1, 0.15) is 5.82 Å². The summed E-state index contributed by atoms with van der Waals surface area (Å²) in [7, 11) is 1.70. The van der Waals surface area contributed by atoms with Crippen molar-refractivity contribution in [1.82, 2.24) is 4.98 Å². The molecule has 2 aromatic rings. The number of fused-ring (bicyclic) bond motifs is 1. The Hall–Kier alpha value is -2.41. The summed E-state index contributed by atoms with van der Waals surface area (Å²) >= 11 is 0. The highest BCUT2D eigenvalue weighted by Crippen LogP contribution is 2.28. The number of carboxylic acid groups (broad SMARTS) is 1.